The lowest BCUT2D eigenvalue weighted by Gasteiger charge is -2.19. The predicted molar refractivity (Wildman–Crippen MR) is 83.9 cm³/mol. The van der Waals surface area contributed by atoms with Crippen molar-refractivity contribution in [3.8, 4) is 0 Å². The Labute approximate surface area is 132 Å². The second-order valence-electron chi connectivity index (χ2n) is 4.94. The lowest BCUT2D eigenvalue weighted by Crippen LogP contribution is -2.45. The number of nitrogens with two attached hydrogens (primary N) is 1. The molecular weight excluding hydrogens is 318 g/mol. The maximum Gasteiger partial charge on any atom is 0.235 e. The number of carbonyl (C=O) groups excluding carboxylic acids is 1. The van der Waals surface area contributed by atoms with E-state index in [0.717, 1.165) is 19.3 Å². The maximum atomic E-state index is 11.7. The molecule has 9 heteroatoms. The van der Waals surface area contributed by atoms with Crippen molar-refractivity contribution in [2.45, 2.75) is 32.2 Å². The van der Waals surface area contributed by atoms with Crippen LogP contribution in [0.3, 0.4) is 0 Å². The molecule has 4 N–H and O–H groups in total. The molecule has 1 rings (SSSR count). The van der Waals surface area contributed by atoms with Gasteiger partial charge < -0.3 is 15.8 Å². The fourth-order valence-electron chi connectivity index (χ4n) is 2.33. The van der Waals surface area contributed by atoms with Crippen LogP contribution in [0.25, 0.3) is 0 Å². The molecule has 0 saturated heterocycles. The average molecular weight is 344 g/mol. The Morgan fingerprint density at radius 1 is 1.38 bits per heavy atom. The molecule has 0 aromatic rings. The standard InChI is InChI=1S/C12H25N3O4S.ClH/c1-2-19-6-7-20(17,18)14-9-12(16)15-11-5-3-4-10(11)8-13;/h10-11,14H,2-9,13H2,1H3,(H,15,16);1H. The summed E-state index contributed by atoms with van der Waals surface area (Å²) in [4.78, 5) is 11.7. The maximum absolute atomic E-state index is 11.7. The van der Waals surface area contributed by atoms with Crippen molar-refractivity contribution in [1.29, 1.82) is 0 Å². The van der Waals surface area contributed by atoms with E-state index in [4.69, 9.17) is 10.5 Å². The number of nitrogens with one attached hydrogen (secondary N) is 2. The second-order valence-corrected chi connectivity index (χ2v) is 6.86. The average Bonchev–Trinajstić information content (AvgIpc) is 2.84. The third-order valence-electron chi connectivity index (χ3n) is 3.46. The molecule has 1 aliphatic carbocycles. The van der Waals surface area contributed by atoms with E-state index < -0.39 is 10.0 Å². The molecule has 2 unspecified atom stereocenters. The van der Waals surface area contributed by atoms with Crippen molar-refractivity contribution in [2.24, 2.45) is 11.7 Å². The van der Waals surface area contributed by atoms with Crippen LogP contribution in [0.15, 0.2) is 0 Å². The van der Waals surface area contributed by atoms with Crippen LogP contribution in [-0.2, 0) is 19.6 Å². The summed E-state index contributed by atoms with van der Waals surface area (Å²) >= 11 is 0. The van der Waals surface area contributed by atoms with Crippen LogP contribution in [0.1, 0.15) is 26.2 Å². The molecule has 0 aromatic carbocycles. The molecule has 21 heavy (non-hydrogen) atoms. The van der Waals surface area contributed by atoms with Gasteiger partial charge in [-0.25, -0.2) is 13.1 Å². The Kier molecular flexibility index (Phi) is 10.1. The fraction of sp³-hybridized carbons (Fsp3) is 0.917. The number of rotatable bonds is 9. The van der Waals surface area contributed by atoms with E-state index >= 15 is 0 Å². The first-order valence-corrected chi connectivity index (χ1v) is 8.68. The number of amides is 1. The van der Waals surface area contributed by atoms with Gasteiger partial charge in [0, 0.05) is 12.6 Å². The molecular formula is C12H26ClN3O4S. The lowest BCUT2D eigenvalue weighted by atomic mass is 10.0. The van der Waals surface area contributed by atoms with Crippen LogP contribution in [0, 0.1) is 5.92 Å². The zero-order valence-corrected chi connectivity index (χ0v) is 14.0. The summed E-state index contributed by atoms with van der Waals surface area (Å²) < 4.78 is 30.4. The first kappa shape index (κ1) is 20.6. The van der Waals surface area contributed by atoms with E-state index in [1.165, 1.54) is 0 Å². The van der Waals surface area contributed by atoms with Crippen molar-refractivity contribution < 1.29 is 17.9 Å². The number of halogens is 1. The molecule has 7 nitrogen and oxygen atoms in total. The summed E-state index contributed by atoms with van der Waals surface area (Å²) in [6, 6.07) is 0.0698. The monoisotopic (exact) mass is 343 g/mol. The molecule has 1 aliphatic rings. The van der Waals surface area contributed by atoms with Crippen molar-refractivity contribution in [1.82, 2.24) is 10.0 Å². The Morgan fingerprint density at radius 2 is 2.10 bits per heavy atom. The van der Waals surface area contributed by atoms with Crippen LogP contribution < -0.4 is 15.8 Å². The van der Waals surface area contributed by atoms with Crippen LogP contribution in [0.4, 0.5) is 0 Å². The van der Waals surface area contributed by atoms with Crippen LogP contribution in [0.2, 0.25) is 0 Å². The molecule has 1 amide bonds. The third-order valence-corrected chi connectivity index (χ3v) is 4.75. The van der Waals surface area contributed by atoms with Crippen molar-refractivity contribution in [3.05, 3.63) is 0 Å². The largest absolute Gasteiger partial charge is 0.381 e. The molecule has 1 fully saturated rings. The zero-order valence-electron chi connectivity index (χ0n) is 12.3. The normalized spacial score (nSPS) is 21.8. The summed E-state index contributed by atoms with van der Waals surface area (Å²) in [5, 5.41) is 2.84. The summed E-state index contributed by atoms with van der Waals surface area (Å²) in [5.74, 6) is -0.146. The Morgan fingerprint density at radius 3 is 2.71 bits per heavy atom. The third kappa shape index (κ3) is 7.96. The summed E-state index contributed by atoms with van der Waals surface area (Å²) in [5.41, 5.74) is 5.63. The highest BCUT2D eigenvalue weighted by Crippen LogP contribution is 2.24. The molecule has 0 radical (unpaired) electrons. The first-order valence-electron chi connectivity index (χ1n) is 7.03. The quantitative estimate of drug-likeness (QED) is 0.494. The zero-order chi connectivity index (χ0) is 15.0. The van der Waals surface area contributed by atoms with E-state index in [0.29, 0.717) is 19.1 Å². The Hall–Kier alpha value is -0.410. The number of hydrogen-bond acceptors (Lipinski definition) is 5. The second kappa shape index (κ2) is 10.3. The molecule has 0 bridgehead atoms. The lowest BCUT2D eigenvalue weighted by molar-refractivity contribution is -0.120. The summed E-state index contributed by atoms with van der Waals surface area (Å²) in [6.45, 7) is 2.71. The van der Waals surface area contributed by atoms with Gasteiger partial charge in [0.1, 0.15) is 0 Å². The van der Waals surface area contributed by atoms with Gasteiger partial charge in [-0.2, -0.15) is 0 Å². The van der Waals surface area contributed by atoms with Crippen molar-refractivity contribution >= 4 is 28.3 Å². The highest BCUT2D eigenvalue weighted by Gasteiger charge is 2.27. The molecule has 0 heterocycles. The number of ether oxygens (including phenoxy) is 1. The van der Waals surface area contributed by atoms with Gasteiger partial charge in [-0.15, -0.1) is 12.4 Å². The van der Waals surface area contributed by atoms with E-state index in [1.807, 2.05) is 0 Å². The van der Waals surface area contributed by atoms with Gasteiger partial charge in [-0.1, -0.05) is 6.42 Å². The van der Waals surface area contributed by atoms with Gasteiger partial charge in [0.25, 0.3) is 0 Å². The summed E-state index contributed by atoms with van der Waals surface area (Å²) in [6.07, 6.45) is 2.97. The highest BCUT2D eigenvalue weighted by atomic mass is 35.5. The minimum absolute atomic E-state index is 0. The van der Waals surface area contributed by atoms with E-state index in [1.54, 1.807) is 6.92 Å². The number of hydrogen-bond donors (Lipinski definition) is 3. The fourth-order valence-corrected chi connectivity index (χ4v) is 3.16. The highest BCUT2D eigenvalue weighted by molar-refractivity contribution is 7.89. The van der Waals surface area contributed by atoms with Gasteiger partial charge in [0.2, 0.25) is 15.9 Å². The van der Waals surface area contributed by atoms with Gasteiger partial charge in [-0.05, 0) is 32.2 Å². The Balaban J connectivity index is 0.00000400. The predicted octanol–water partition coefficient (Wildman–Crippen LogP) is -0.392. The first-order chi connectivity index (χ1) is 9.48. The van der Waals surface area contributed by atoms with Crippen LogP contribution in [0.5, 0.6) is 0 Å². The van der Waals surface area contributed by atoms with Crippen LogP contribution >= 0.6 is 12.4 Å². The minimum atomic E-state index is -3.46. The molecule has 0 aromatic heterocycles. The van der Waals surface area contributed by atoms with Gasteiger partial charge >= 0.3 is 0 Å². The molecule has 0 aliphatic heterocycles. The van der Waals surface area contributed by atoms with E-state index in [2.05, 4.69) is 10.0 Å². The Bertz CT molecular complexity index is 405. The number of sulfonamides is 1. The van der Waals surface area contributed by atoms with Crippen molar-refractivity contribution in [3.63, 3.8) is 0 Å². The summed E-state index contributed by atoms with van der Waals surface area (Å²) in [7, 11) is -3.46. The van der Waals surface area contributed by atoms with E-state index in [-0.39, 0.29) is 43.3 Å². The van der Waals surface area contributed by atoms with Crippen LogP contribution in [-0.4, -0.2) is 52.4 Å². The molecule has 0 spiro atoms. The van der Waals surface area contributed by atoms with Gasteiger partial charge in [0.05, 0.1) is 18.9 Å². The van der Waals surface area contributed by atoms with Gasteiger partial charge in [-0.3, -0.25) is 4.79 Å². The molecule has 1 saturated carbocycles. The molecule has 2 atom stereocenters. The smallest absolute Gasteiger partial charge is 0.235 e. The SMILES string of the molecule is CCOCCS(=O)(=O)NCC(=O)NC1CCCC1CN.Cl. The van der Waals surface area contributed by atoms with Crippen molar-refractivity contribution in [2.75, 3.05) is 32.1 Å². The minimum Gasteiger partial charge on any atom is -0.381 e. The number of carbonyl (C=O) groups is 1. The molecule has 126 valence electrons. The van der Waals surface area contributed by atoms with Gasteiger partial charge in [0.15, 0.2) is 0 Å². The topological polar surface area (TPSA) is 111 Å². The van der Waals surface area contributed by atoms with E-state index in [9.17, 15) is 13.2 Å².